The van der Waals surface area contributed by atoms with Crippen LogP contribution in [0.25, 0.3) is 0 Å². The molecule has 2 aromatic rings. The van der Waals surface area contributed by atoms with E-state index in [2.05, 4.69) is 10.3 Å². The predicted molar refractivity (Wildman–Crippen MR) is 75.0 cm³/mol. The van der Waals surface area contributed by atoms with Gasteiger partial charge in [0, 0.05) is 12.3 Å². The fraction of sp³-hybridized carbons (Fsp3) is 0.0769. The summed E-state index contributed by atoms with van der Waals surface area (Å²) in [6.07, 6.45) is 1.31. The van der Waals surface area contributed by atoms with Gasteiger partial charge in [0.1, 0.15) is 10.8 Å². The second kappa shape index (κ2) is 5.66. The molecule has 0 aliphatic rings. The molecule has 0 atom stereocenters. The van der Waals surface area contributed by atoms with E-state index in [1.165, 1.54) is 24.4 Å². The molecule has 0 radical (unpaired) electrons. The van der Waals surface area contributed by atoms with E-state index < -0.39 is 10.8 Å². The van der Waals surface area contributed by atoms with Crippen molar-refractivity contribution in [1.29, 1.82) is 0 Å². The molecule has 1 amide bonds. The zero-order valence-electron chi connectivity index (χ0n) is 10.5. The molecule has 2 rings (SSSR count). The van der Waals surface area contributed by atoms with E-state index in [0.29, 0.717) is 5.56 Å². The molecule has 1 aromatic carbocycles. The third kappa shape index (κ3) is 2.92. The summed E-state index contributed by atoms with van der Waals surface area (Å²) in [5.41, 5.74) is 0.902. The number of para-hydroxylation sites is 1. The van der Waals surface area contributed by atoms with E-state index in [4.69, 9.17) is 11.6 Å². The van der Waals surface area contributed by atoms with E-state index >= 15 is 0 Å². The van der Waals surface area contributed by atoms with Crippen LogP contribution >= 0.6 is 11.6 Å². The van der Waals surface area contributed by atoms with Crippen molar-refractivity contribution in [3.05, 3.63) is 62.9 Å². The van der Waals surface area contributed by atoms with Gasteiger partial charge in [-0.25, -0.2) is 4.98 Å². The molecule has 1 N–H and O–H groups in total. The maximum absolute atomic E-state index is 12.0. The Balaban J connectivity index is 2.32. The summed E-state index contributed by atoms with van der Waals surface area (Å²) in [7, 11) is 0. The van der Waals surface area contributed by atoms with Gasteiger partial charge in [-0.2, -0.15) is 0 Å². The average Bonchev–Trinajstić information content (AvgIpc) is 2.41. The van der Waals surface area contributed by atoms with Crippen molar-refractivity contribution in [2.24, 2.45) is 0 Å². The molecular weight excluding hydrogens is 282 g/mol. The monoisotopic (exact) mass is 291 g/mol. The van der Waals surface area contributed by atoms with Crippen LogP contribution in [-0.2, 0) is 0 Å². The normalized spacial score (nSPS) is 10.1. The first kappa shape index (κ1) is 14.0. The lowest BCUT2D eigenvalue weighted by molar-refractivity contribution is -0.383. The minimum atomic E-state index is -0.539. The highest BCUT2D eigenvalue weighted by Crippen LogP contribution is 2.28. The van der Waals surface area contributed by atoms with E-state index in [9.17, 15) is 14.9 Å². The molecule has 20 heavy (non-hydrogen) atoms. The number of aryl methyl sites for hydroxylation is 1. The smallest absolute Gasteiger partial charge is 0.293 e. The van der Waals surface area contributed by atoms with Gasteiger partial charge in [-0.3, -0.25) is 14.9 Å². The summed E-state index contributed by atoms with van der Waals surface area (Å²) >= 11 is 5.64. The Kier molecular flexibility index (Phi) is 3.95. The van der Waals surface area contributed by atoms with Crippen molar-refractivity contribution in [2.75, 3.05) is 5.32 Å². The van der Waals surface area contributed by atoms with Crippen molar-refractivity contribution in [3.63, 3.8) is 0 Å². The Morgan fingerprint density at radius 2 is 2.10 bits per heavy atom. The van der Waals surface area contributed by atoms with Gasteiger partial charge in [0.25, 0.3) is 11.6 Å². The third-order valence-electron chi connectivity index (χ3n) is 2.68. The number of aromatic nitrogens is 1. The highest BCUT2D eigenvalue weighted by atomic mass is 35.5. The molecule has 0 spiro atoms. The lowest BCUT2D eigenvalue weighted by atomic mass is 10.1. The third-order valence-corrected chi connectivity index (χ3v) is 2.90. The van der Waals surface area contributed by atoms with Crippen LogP contribution in [0, 0.1) is 17.0 Å². The molecule has 7 heteroatoms. The summed E-state index contributed by atoms with van der Waals surface area (Å²) in [4.78, 5) is 26.3. The van der Waals surface area contributed by atoms with Gasteiger partial charge in [-0.1, -0.05) is 23.7 Å². The number of pyridine rings is 1. The van der Waals surface area contributed by atoms with Crippen molar-refractivity contribution in [1.82, 2.24) is 4.98 Å². The molecule has 0 bridgehead atoms. The quantitative estimate of drug-likeness (QED) is 0.534. The summed E-state index contributed by atoms with van der Waals surface area (Å²) < 4.78 is 0. The Hall–Kier alpha value is -2.47. The number of carbonyl (C=O) groups is 1. The fourth-order valence-electron chi connectivity index (χ4n) is 1.66. The largest absolute Gasteiger partial charge is 0.316 e. The van der Waals surface area contributed by atoms with Crippen LogP contribution in [0.2, 0.25) is 5.15 Å². The fourth-order valence-corrected chi connectivity index (χ4v) is 1.77. The zero-order valence-corrected chi connectivity index (χ0v) is 11.2. The number of rotatable bonds is 3. The van der Waals surface area contributed by atoms with Gasteiger partial charge < -0.3 is 5.32 Å². The first-order valence-corrected chi connectivity index (χ1v) is 6.04. The van der Waals surface area contributed by atoms with E-state index in [-0.39, 0.29) is 22.1 Å². The second-order valence-electron chi connectivity index (χ2n) is 4.05. The molecule has 0 aliphatic heterocycles. The number of nitrogens with zero attached hydrogens (tertiary/aromatic N) is 2. The Bertz CT molecular complexity index is 671. The minimum Gasteiger partial charge on any atom is -0.316 e. The first-order valence-electron chi connectivity index (χ1n) is 5.66. The molecule has 0 fully saturated rings. The van der Waals surface area contributed by atoms with Gasteiger partial charge in [0.2, 0.25) is 0 Å². The Labute approximate surface area is 119 Å². The summed E-state index contributed by atoms with van der Waals surface area (Å²) in [6.45, 7) is 1.68. The summed E-state index contributed by atoms with van der Waals surface area (Å²) in [6, 6.07) is 7.55. The molecule has 0 saturated heterocycles. The van der Waals surface area contributed by atoms with E-state index in [0.717, 1.165) is 0 Å². The topological polar surface area (TPSA) is 85.1 Å². The average molecular weight is 292 g/mol. The molecule has 0 saturated carbocycles. The molecular formula is C13H10ClN3O3. The van der Waals surface area contributed by atoms with Gasteiger partial charge in [-0.05, 0) is 24.6 Å². The van der Waals surface area contributed by atoms with Crippen LogP contribution in [0.3, 0.4) is 0 Å². The highest BCUT2D eigenvalue weighted by Gasteiger charge is 2.18. The van der Waals surface area contributed by atoms with Gasteiger partial charge in [-0.15, -0.1) is 0 Å². The van der Waals surface area contributed by atoms with Crippen molar-refractivity contribution < 1.29 is 9.72 Å². The number of anilines is 1. The standard InChI is InChI=1S/C13H10ClN3O3/c1-8-3-2-4-10(17(19)20)12(8)16-13(18)9-5-6-11(14)15-7-9/h2-7H,1H3,(H,16,18). The van der Waals surface area contributed by atoms with Crippen LogP contribution in [0.4, 0.5) is 11.4 Å². The minimum absolute atomic E-state index is 0.153. The number of nitrogens with one attached hydrogen (secondary N) is 1. The van der Waals surface area contributed by atoms with Crippen LogP contribution in [0.15, 0.2) is 36.5 Å². The molecule has 0 aliphatic carbocycles. The second-order valence-corrected chi connectivity index (χ2v) is 4.44. The number of nitro benzene ring substituents is 1. The van der Waals surface area contributed by atoms with Crippen LogP contribution in [0.1, 0.15) is 15.9 Å². The number of nitro groups is 1. The maximum Gasteiger partial charge on any atom is 0.293 e. The maximum atomic E-state index is 12.0. The van der Waals surface area contributed by atoms with Gasteiger partial charge in [0.05, 0.1) is 10.5 Å². The number of amides is 1. The molecule has 0 unspecified atom stereocenters. The lowest BCUT2D eigenvalue weighted by Crippen LogP contribution is -2.14. The van der Waals surface area contributed by atoms with E-state index in [1.807, 2.05) is 0 Å². The zero-order chi connectivity index (χ0) is 14.7. The van der Waals surface area contributed by atoms with Crippen molar-refractivity contribution >= 4 is 28.9 Å². The van der Waals surface area contributed by atoms with Crippen molar-refractivity contribution in [3.8, 4) is 0 Å². The number of benzene rings is 1. The van der Waals surface area contributed by atoms with Gasteiger partial charge in [0.15, 0.2) is 0 Å². The molecule has 6 nitrogen and oxygen atoms in total. The Morgan fingerprint density at radius 1 is 1.35 bits per heavy atom. The number of halogens is 1. The van der Waals surface area contributed by atoms with E-state index in [1.54, 1.807) is 19.1 Å². The first-order chi connectivity index (χ1) is 9.49. The molecule has 102 valence electrons. The van der Waals surface area contributed by atoms with Crippen molar-refractivity contribution in [2.45, 2.75) is 6.92 Å². The number of hydrogen-bond acceptors (Lipinski definition) is 4. The summed E-state index contributed by atoms with van der Waals surface area (Å²) in [5, 5.41) is 13.8. The van der Waals surface area contributed by atoms with Crippen LogP contribution in [-0.4, -0.2) is 15.8 Å². The predicted octanol–water partition coefficient (Wildman–Crippen LogP) is 3.20. The lowest BCUT2D eigenvalue weighted by Gasteiger charge is -2.08. The number of hydrogen-bond donors (Lipinski definition) is 1. The van der Waals surface area contributed by atoms with Crippen LogP contribution in [0.5, 0.6) is 0 Å². The SMILES string of the molecule is Cc1cccc([N+](=O)[O-])c1NC(=O)c1ccc(Cl)nc1. The highest BCUT2D eigenvalue weighted by molar-refractivity contribution is 6.29. The molecule has 1 aromatic heterocycles. The molecule has 1 heterocycles. The number of carbonyl (C=O) groups excluding carboxylic acids is 1. The van der Waals surface area contributed by atoms with Gasteiger partial charge >= 0.3 is 0 Å². The summed E-state index contributed by atoms with van der Waals surface area (Å²) in [5.74, 6) is -0.480. The Morgan fingerprint density at radius 3 is 2.70 bits per heavy atom. The van der Waals surface area contributed by atoms with Crippen LogP contribution < -0.4 is 5.32 Å².